The highest BCUT2D eigenvalue weighted by Gasteiger charge is 2.26. The van der Waals surface area contributed by atoms with Gasteiger partial charge in [0.1, 0.15) is 0 Å². The molecular weight excluding hydrogens is 314 g/mol. The number of carboxylic acids is 1. The first-order valence-corrected chi connectivity index (χ1v) is 8.78. The van der Waals surface area contributed by atoms with Crippen LogP contribution in [0.15, 0.2) is 23.1 Å². The molecule has 1 N–H and O–H groups in total. The van der Waals surface area contributed by atoms with Gasteiger partial charge in [-0.25, -0.2) is 13.2 Å². The molecule has 0 bridgehead atoms. The van der Waals surface area contributed by atoms with Gasteiger partial charge in [-0.3, -0.25) is 0 Å². The summed E-state index contributed by atoms with van der Waals surface area (Å²) in [5, 5.41) is 9.09. The summed E-state index contributed by atoms with van der Waals surface area (Å²) in [4.78, 5) is 11.1. The number of hydrogen-bond acceptors (Lipinski definition) is 3. The smallest absolute Gasteiger partial charge is 0.337 e. The number of carbonyl (C=O) groups is 1. The Morgan fingerprint density at radius 1 is 1.10 bits per heavy atom. The Balaban J connectivity index is 2.34. The molecule has 0 saturated carbocycles. The molecule has 1 heterocycles. The van der Waals surface area contributed by atoms with Crippen LogP contribution < -0.4 is 0 Å². The maximum atomic E-state index is 12.6. The first-order chi connectivity index (χ1) is 9.93. The third-order valence-electron chi connectivity index (χ3n) is 3.62. The molecule has 1 fully saturated rings. The summed E-state index contributed by atoms with van der Waals surface area (Å²) < 4.78 is 26.7. The molecule has 0 radical (unpaired) electrons. The van der Waals surface area contributed by atoms with Crippen LogP contribution in [-0.4, -0.2) is 36.9 Å². The summed E-state index contributed by atoms with van der Waals surface area (Å²) in [6.07, 6.45) is 4.84. The maximum Gasteiger partial charge on any atom is 0.337 e. The van der Waals surface area contributed by atoms with Crippen LogP contribution in [-0.2, 0) is 10.0 Å². The first-order valence-electron chi connectivity index (χ1n) is 6.96. The van der Waals surface area contributed by atoms with Gasteiger partial charge in [-0.05, 0) is 31.0 Å². The monoisotopic (exact) mass is 331 g/mol. The van der Waals surface area contributed by atoms with Crippen LogP contribution in [0.2, 0.25) is 5.02 Å². The van der Waals surface area contributed by atoms with Crippen molar-refractivity contribution in [1.29, 1.82) is 0 Å². The van der Waals surface area contributed by atoms with Gasteiger partial charge in [0, 0.05) is 13.1 Å². The number of hydrogen-bond donors (Lipinski definition) is 1. The van der Waals surface area contributed by atoms with Gasteiger partial charge in [-0.15, -0.1) is 0 Å². The molecule has 1 saturated heterocycles. The van der Waals surface area contributed by atoms with Crippen molar-refractivity contribution in [3.63, 3.8) is 0 Å². The first kappa shape index (κ1) is 16.3. The lowest BCUT2D eigenvalue weighted by Gasteiger charge is -2.24. The fraction of sp³-hybridized carbons (Fsp3) is 0.500. The Labute approximate surface area is 129 Å². The molecule has 1 aromatic carbocycles. The number of nitrogens with zero attached hydrogens (tertiary/aromatic N) is 1. The zero-order valence-corrected chi connectivity index (χ0v) is 13.2. The highest BCUT2D eigenvalue weighted by atomic mass is 35.5. The molecule has 2 rings (SSSR count). The van der Waals surface area contributed by atoms with Crippen molar-refractivity contribution in [2.45, 2.75) is 37.0 Å². The predicted molar refractivity (Wildman–Crippen MR) is 80.3 cm³/mol. The largest absolute Gasteiger partial charge is 0.478 e. The van der Waals surface area contributed by atoms with Gasteiger partial charge in [0.2, 0.25) is 10.0 Å². The Bertz CT molecular complexity index is 622. The van der Waals surface area contributed by atoms with E-state index in [1.54, 1.807) is 0 Å². The van der Waals surface area contributed by atoms with Gasteiger partial charge in [-0.2, -0.15) is 4.31 Å². The summed E-state index contributed by atoms with van der Waals surface area (Å²) in [6.45, 7) is 0.959. The second-order valence-corrected chi connectivity index (χ2v) is 7.46. The molecule has 0 atom stereocenters. The number of halogens is 1. The van der Waals surface area contributed by atoms with Gasteiger partial charge >= 0.3 is 5.97 Å². The summed E-state index contributed by atoms with van der Waals surface area (Å²) in [5.74, 6) is -1.23. The molecule has 0 aromatic heterocycles. The van der Waals surface area contributed by atoms with Crippen LogP contribution in [0.1, 0.15) is 42.5 Å². The van der Waals surface area contributed by atoms with E-state index < -0.39 is 16.0 Å². The molecule has 0 amide bonds. The van der Waals surface area contributed by atoms with E-state index in [0.29, 0.717) is 13.1 Å². The normalized spacial score (nSPS) is 18.0. The number of carboxylic acid groups (broad SMARTS) is 1. The van der Waals surface area contributed by atoms with Gasteiger partial charge in [-0.1, -0.05) is 30.9 Å². The minimum Gasteiger partial charge on any atom is -0.478 e. The predicted octanol–water partition coefficient (Wildman–Crippen LogP) is 2.99. The SMILES string of the molecule is O=C(O)c1cc(S(=O)(=O)N2CCCCCCC2)ccc1Cl. The van der Waals surface area contributed by atoms with Crippen LogP contribution in [0.3, 0.4) is 0 Å². The average Bonchev–Trinajstić information content (AvgIpc) is 2.37. The van der Waals surface area contributed by atoms with E-state index in [9.17, 15) is 13.2 Å². The van der Waals surface area contributed by atoms with Crippen molar-refractivity contribution < 1.29 is 18.3 Å². The molecule has 7 heteroatoms. The number of sulfonamides is 1. The second-order valence-electron chi connectivity index (χ2n) is 5.12. The van der Waals surface area contributed by atoms with Crippen molar-refractivity contribution in [2.24, 2.45) is 0 Å². The lowest BCUT2D eigenvalue weighted by atomic mass is 10.1. The van der Waals surface area contributed by atoms with Crippen molar-refractivity contribution in [3.05, 3.63) is 28.8 Å². The van der Waals surface area contributed by atoms with Crippen molar-refractivity contribution in [2.75, 3.05) is 13.1 Å². The fourth-order valence-electron chi connectivity index (χ4n) is 2.44. The fourth-order valence-corrected chi connectivity index (χ4v) is 4.18. The van der Waals surface area contributed by atoms with E-state index in [4.69, 9.17) is 16.7 Å². The molecule has 0 aliphatic carbocycles. The molecule has 5 nitrogen and oxygen atoms in total. The summed E-state index contributed by atoms with van der Waals surface area (Å²) in [5.41, 5.74) is -0.190. The summed E-state index contributed by atoms with van der Waals surface area (Å²) in [6, 6.07) is 3.82. The molecule has 21 heavy (non-hydrogen) atoms. The van der Waals surface area contributed by atoms with Gasteiger partial charge < -0.3 is 5.11 Å². The maximum absolute atomic E-state index is 12.6. The van der Waals surface area contributed by atoms with E-state index in [0.717, 1.165) is 38.2 Å². The highest BCUT2D eigenvalue weighted by Crippen LogP contribution is 2.24. The van der Waals surface area contributed by atoms with Crippen molar-refractivity contribution >= 4 is 27.6 Å². The van der Waals surface area contributed by atoms with Crippen LogP contribution in [0.25, 0.3) is 0 Å². The third kappa shape index (κ3) is 3.75. The van der Waals surface area contributed by atoms with Crippen molar-refractivity contribution in [3.8, 4) is 0 Å². The Morgan fingerprint density at radius 2 is 1.67 bits per heavy atom. The lowest BCUT2D eigenvalue weighted by molar-refractivity contribution is 0.0697. The zero-order chi connectivity index (χ0) is 15.5. The minimum atomic E-state index is -3.66. The molecule has 116 valence electrons. The van der Waals surface area contributed by atoms with Crippen LogP contribution in [0, 0.1) is 0 Å². The topological polar surface area (TPSA) is 74.7 Å². The summed E-state index contributed by atoms with van der Waals surface area (Å²) >= 11 is 5.79. The molecule has 0 spiro atoms. The van der Waals surface area contributed by atoms with E-state index in [1.165, 1.54) is 16.4 Å². The second kappa shape index (κ2) is 6.77. The number of rotatable bonds is 3. The van der Waals surface area contributed by atoms with E-state index in [2.05, 4.69) is 0 Å². The molecular formula is C14H18ClNO4S. The quantitative estimate of drug-likeness (QED) is 0.923. The molecule has 0 unspecified atom stereocenters. The van der Waals surface area contributed by atoms with Gasteiger partial charge in [0.25, 0.3) is 0 Å². The standard InChI is InChI=1S/C14H18ClNO4S/c15-13-7-6-11(10-12(13)14(17)18)21(19,20)16-8-4-2-1-3-5-9-16/h6-7,10H,1-5,8-9H2,(H,17,18). The van der Waals surface area contributed by atoms with E-state index in [-0.39, 0.29) is 15.5 Å². The van der Waals surface area contributed by atoms with Crippen LogP contribution in [0.4, 0.5) is 0 Å². The number of aromatic carboxylic acids is 1. The minimum absolute atomic E-state index is 0.00938. The lowest BCUT2D eigenvalue weighted by Crippen LogP contribution is -2.34. The Hall–Kier alpha value is -1.11. The Kier molecular flexibility index (Phi) is 5.24. The third-order valence-corrected chi connectivity index (χ3v) is 5.85. The van der Waals surface area contributed by atoms with E-state index in [1.807, 2.05) is 0 Å². The van der Waals surface area contributed by atoms with Crippen LogP contribution in [0.5, 0.6) is 0 Å². The summed E-state index contributed by atoms with van der Waals surface area (Å²) in [7, 11) is -3.66. The molecule has 1 aliphatic heterocycles. The van der Waals surface area contributed by atoms with Gasteiger partial charge in [0.05, 0.1) is 15.5 Å². The zero-order valence-electron chi connectivity index (χ0n) is 11.6. The van der Waals surface area contributed by atoms with Crippen molar-refractivity contribution in [1.82, 2.24) is 4.31 Å². The molecule has 1 aromatic rings. The van der Waals surface area contributed by atoms with E-state index >= 15 is 0 Å². The van der Waals surface area contributed by atoms with Gasteiger partial charge in [0.15, 0.2) is 0 Å². The Morgan fingerprint density at radius 3 is 2.24 bits per heavy atom. The average molecular weight is 332 g/mol. The van der Waals surface area contributed by atoms with Crippen LogP contribution >= 0.6 is 11.6 Å². The number of benzene rings is 1. The highest BCUT2D eigenvalue weighted by molar-refractivity contribution is 7.89. The molecule has 1 aliphatic rings.